The van der Waals surface area contributed by atoms with Gasteiger partial charge in [-0.3, -0.25) is 4.68 Å². The Morgan fingerprint density at radius 1 is 1.09 bits per heavy atom. The summed E-state index contributed by atoms with van der Waals surface area (Å²) in [6.45, 7) is 0.824. The van der Waals surface area contributed by atoms with Gasteiger partial charge in [0.05, 0.1) is 18.8 Å². The second kappa shape index (κ2) is 6.20. The largest absolute Gasteiger partial charge is 0.347 e. The van der Waals surface area contributed by atoms with Gasteiger partial charge >= 0.3 is 0 Å². The summed E-state index contributed by atoms with van der Waals surface area (Å²) in [4.78, 5) is 8.54. The van der Waals surface area contributed by atoms with Crippen molar-refractivity contribution in [3.05, 3.63) is 71.8 Å². The van der Waals surface area contributed by atoms with Crippen molar-refractivity contribution in [1.29, 1.82) is 0 Å². The van der Waals surface area contributed by atoms with Crippen LogP contribution in [0.3, 0.4) is 0 Å². The van der Waals surface area contributed by atoms with Gasteiger partial charge in [-0.25, -0.2) is 9.97 Å². The quantitative estimate of drug-likeness (QED) is 0.804. The monoisotopic (exact) mass is 305 g/mol. The topological polar surface area (TPSA) is 55.6 Å². The number of nitrogens with one attached hydrogen (secondary N) is 1. The highest BCUT2D eigenvalue weighted by atomic mass is 15.3. The molecule has 116 valence electrons. The van der Waals surface area contributed by atoms with Crippen molar-refractivity contribution < 1.29 is 0 Å². The molecule has 0 aliphatic heterocycles. The molecule has 3 aromatic rings. The summed E-state index contributed by atoms with van der Waals surface area (Å²) in [6.07, 6.45) is 8.84. The maximum Gasteiger partial charge on any atom is 0.223 e. The summed E-state index contributed by atoms with van der Waals surface area (Å²) in [6, 6.07) is 12.5. The summed E-state index contributed by atoms with van der Waals surface area (Å²) >= 11 is 0. The van der Waals surface area contributed by atoms with Crippen LogP contribution in [-0.4, -0.2) is 19.7 Å². The first kappa shape index (κ1) is 13.9. The molecule has 5 nitrogen and oxygen atoms in total. The minimum atomic E-state index is 0.241. The number of anilines is 1. The van der Waals surface area contributed by atoms with Crippen molar-refractivity contribution in [2.75, 3.05) is 5.32 Å². The lowest BCUT2D eigenvalue weighted by molar-refractivity contribution is 0.554. The van der Waals surface area contributed by atoms with E-state index in [0.717, 1.165) is 25.8 Å². The molecule has 1 aliphatic carbocycles. The minimum Gasteiger partial charge on any atom is -0.347 e. The molecule has 2 aromatic heterocycles. The Hall–Kier alpha value is -2.69. The summed E-state index contributed by atoms with van der Waals surface area (Å²) < 4.78 is 2.13. The molecular weight excluding hydrogens is 286 g/mol. The Kier molecular flexibility index (Phi) is 3.76. The Morgan fingerprint density at radius 2 is 1.91 bits per heavy atom. The molecule has 0 saturated carbocycles. The predicted molar refractivity (Wildman–Crippen MR) is 89.1 cm³/mol. The fraction of sp³-hybridized carbons (Fsp3) is 0.278. The molecule has 23 heavy (non-hydrogen) atoms. The summed E-state index contributed by atoms with van der Waals surface area (Å²) in [5, 5.41) is 8.06. The van der Waals surface area contributed by atoms with Gasteiger partial charge in [-0.05, 0) is 30.9 Å². The van der Waals surface area contributed by atoms with Gasteiger partial charge < -0.3 is 5.32 Å². The number of hydrogen-bond donors (Lipinski definition) is 1. The number of hydrogen-bond acceptors (Lipinski definition) is 4. The lowest BCUT2D eigenvalue weighted by Gasteiger charge is -2.24. The van der Waals surface area contributed by atoms with Gasteiger partial charge in [-0.2, -0.15) is 5.10 Å². The van der Waals surface area contributed by atoms with Gasteiger partial charge in [0, 0.05) is 23.7 Å². The van der Waals surface area contributed by atoms with Crippen molar-refractivity contribution in [2.45, 2.75) is 31.8 Å². The molecule has 0 unspecified atom stereocenters. The van der Waals surface area contributed by atoms with Crippen molar-refractivity contribution in [2.24, 2.45) is 0 Å². The zero-order chi connectivity index (χ0) is 15.5. The van der Waals surface area contributed by atoms with Gasteiger partial charge in [0.25, 0.3) is 0 Å². The number of aromatic nitrogens is 4. The molecule has 1 N–H and O–H groups in total. The SMILES string of the molecule is c1ccc(Cn2ncc3c2CCC[C@H]3Nc2ncccn2)cc1. The molecular formula is C18H19N5. The van der Waals surface area contributed by atoms with Gasteiger partial charge in [-0.15, -0.1) is 0 Å². The van der Waals surface area contributed by atoms with Gasteiger partial charge in [0.1, 0.15) is 0 Å². The van der Waals surface area contributed by atoms with E-state index in [-0.39, 0.29) is 6.04 Å². The molecule has 0 saturated heterocycles. The van der Waals surface area contributed by atoms with Crippen LogP contribution in [0.4, 0.5) is 5.95 Å². The zero-order valence-electron chi connectivity index (χ0n) is 12.9. The molecule has 0 radical (unpaired) electrons. The fourth-order valence-corrected chi connectivity index (χ4v) is 3.19. The molecule has 0 bridgehead atoms. The van der Waals surface area contributed by atoms with E-state index in [4.69, 9.17) is 0 Å². The fourth-order valence-electron chi connectivity index (χ4n) is 3.19. The highest BCUT2D eigenvalue weighted by Gasteiger charge is 2.24. The minimum absolute atomic E-state index is 0.241. The van der Waals surface area contributed by atoms with E-state index in [9.17, 15) is 0 Å². The van der Waals surface area contributed by atoms with E-state index in [0.29, 0.717) is 5.95 Å². The van der Waals surface area contributed by atoms with Crippen molar-refractivity contribution in [3.63, 3.8) is 0 Å². The van der Waals surface area contributed by atoms with E-state index >= 15 is 0 Å². The van der Waals surface area contributed by atoms with Gasteiger partial charge in [0.2, 0.25) is 5.95 Å². The Labute approximate surface area is 135 Å². The van der Waals surface area contributed by atoms with Crippen LogP contribution in [0.5, 0.6) is 0 Å². The molecule has 1 atom stereocenters. The standard InChI is InChI=1S/C18H19N5/c1-2-6-14(7-3-1)13-23-17-9-4-8-16(15(17)12-21-23)22-18-19-10-5-11-20-18/h1-3,5-7,10-12,16H,4,8-9,13H2,(H,19,20,22)/t16-/m1/s1. The maximum absolute atomic E-state index is 4.62. The van der Waals surface area contributed by atoms with E-state index in [1.165, 1.54) is 16.8 Å². The normalized spacial score (nSPS) is 16.8. The first-order valence-corrected chi connectivity index (χ1v) is 8.02. The molecule has 4 rings (SSSR count). The predicted octanol–water partition coefficient (Wildman–Crippen LogP) is 3.21. The molecule has 0 amide bonds. The molecule has 0 spiro atoms. The van der Waals surface area contributed by atoms with E-state index in [1.807, 2.05) is 18.3 Å². The Bertz CT molecular complexity index is 767. The maximum atomic E-state index is 4.62. The molecule has 1 aliphatic rings. The number of rotatable bonds is 4. The van der Waals surface area contributed by atoms with Gasteiger partial charge in [0.15, 0.2) is 0 Å². The zero-order valence-corrected chi connectivity index (χ0v) is 12.9. The lowest BCUT2D eigenvalue weighted by atomic mass is 9.93. The number of fused-ring (bicyclic) bond motifs is 1. The van der Waals surface area contributed by atoms with Crippen molar-refractivity contribution in [1.82, 2.24) is 19.7 Å². The molecule has 5 heteroatoms. The van der Waals surface area contributed by atoms with Crippen LogP contribution < -0.4 is 5.32 Å². The van der Waals surface area contributed by atoms with Crippen LogP contribution in [0.25, 0.3) is 0 Å². The van der Waals surface area contributed by atoms with Gasteiger partial charge in [-0.1, -0.05) is 30.3 Å². The van der Waals surface area contributed by atoms with E-state index in [1.54, 1.807) is 12.4 Å². The smallest absolute Gasteiger partial charge is 0.223 e. The third-order valence-electron chi connectivity index (χ3n) is 4.31. The third kappa shape index (κ3) is 2.95. The second-order valence-electron chi connectivity index (χ2n) is 5.85. The molecule has 1 aromatic carbocycles. The number of nitrogens with zero attached hydrogens (tertiary/aromatic N) is 4. The summed E-state index contributed by atoms with van der Waals surface area (Å²) in [7, 11) is 0. The highest BCUT2D eigenvalue weighted by molar-refractivity contribution is 5.35. The number of benzene rings is 1. The lowest BCUT2D eigenvalue weighted by Crippen LogP contribution is -2.19. The third-order valence-corrected chi connectivity index (χ3v) is 4.31. The van der Waals surface area contributed by atoms with Crippen LogP contribution in [0.2, 0.25) is 0 Å². The van der Waals surface area contributed by atoms with Crippen molar-refractivity contribution >= 4 is 5.95 Å². The van der Waals surface area contributed by atoms with E-state index < -0.39 is 0 Å². The average molecular weight is 305 g/mol. The van der Waals surface area contributed by atoms with Crippen LogP contribution >= 0.6 is 0 Å². The second-order valence-corrected chi connectivity index (χ2v) is 5.85. The van der Waals surface area contributed by atoms with Crippen LogP contribution in [0.15, 0.2) is 55.0 Å². The van der Waals surface area contributed by atoms with Crippen LogP contribution in [-0.2, 0) is 13.0 Å². The van der Waals surface area contributed by atoms with Crippen LogP contribution in [0.1, 0.15) is 35.7 Å². The first-order chi connectivity index (χ1) is 11.4. The van der Waals surface area contributed by atoms with Crippen LogP contribution in [0, 0.1) is 0 Å². The first-order valence-electron chi connectivity index (χ1n) is 8.02. The highest BCUT2D eigenvalue weighted by Crippen LogP contribution is 2.31. The summed E-state index contributed by atoms with van der Waals surface area (Å²) in [5.74, 6) is 0.682. The summed E-state index contributed by atoms with van der Waals surface area (Å²) in [5.41, 5.74) is 3.88. The van der Waals surface area contributed by atoms with E-state index in [2.05, 4.69) is 49.3 Å². The Morgan fingerprint density at radius 3 is 2.74 bits per heavy atom. The van der Waals surface area contributed by atoms with Crippen molar-refractivity contribution in [3.8, 4) is 0 Å². The average Bonchev–Trinajstić information content (AvgIpc) is 3.01. The molecule has 0 fully saturated rings. The molecule has 2 heterocycles. The Balaban J connectivity index is 1.57.